The zero-order valence-corrected chi connectivity index (χ0v) is 17.5. The van der Waals surface area contributed by atoms with Gasteiger partial charge in [-0.1, -0.05) is 30.3 Å². The Balaban J connectivity index is 1.92. The Morgan fingerprint density at radius 2 is 1.93 bits per heavy atom. The third-order valence-electron chi connectivity index (χ3n) is 5.37. The van der Waals surface area contributed by atoms with Crippen LogP contribution >= 0.6 is 11.8 Å². The molecule has 30 heavy (non-hydrogen) atoms. The molecule has 0 saturated carbocycles. The predicted molar refractivity (Wildman–Crippen MR) is 106 cm³/mol. The second-order valence-corrected chi connectivity index (χ2v) is 9.37. The van der Waals surface area contributed by atoms with Crippen molar-refractivity contribution in [3.05, 3.63) is 35.9 Å². The number of ketones is 1. The molecule has 0 aromatic heterocycles. The van der Waals surface area contributed by atoms with Gasteiger partial charge in [-0.25, -0.2) is 4.79 Å². The lowest BCUT2D eigenvalue weighted by Crippen LogP contribution is -2.80. The van der Waals surface area contributed by atoms with Crippen LogP contribution in [0.5, 0.6) is 0 Å². The van der Waals surface area contributed by atoms with E-state index in [0.717, 1.165) is 0 Å². The Bertz CT molecular complexity index is 904. The summed E-state index contributed by atoms with van der Waals surface area (Å²) in [6, 6.07) is 7.10. The van der Waals surface area contributed by atoms with Crippen LogP contribution in [0.3, 0.4) is 0 Å². The number of carboxylic acid groups (broad SMARTS) is 1. The fourth-order valence-corrected chi connectivity index (χ4v) is 5.64. The van der Waals surface area contributed by atoms with Crippen LogP contribution in [0.1, 0.15) is 31.7 Å². The van der Waals surface area contributed by atoms with Crippen molar-refractivity contribution in [2.75, 3.05) is 7.11 Å². The number of hydrogen-bond donors (Lipinski definition) is 2. The van der Waals surface area contributed by atoms with Crippen LogP contribution in [0.25, 0.3) is 0 Å². The molecule has 2 saturated heterocycles. The van der Waals surface area contributed by atoms with Crippen molar-refractivity contribution in [2.45, 2.75) is 48.1 Å². The molecular formula is C20H22N2O7S. The van der Waals surface area contributed by atoms with Gasteiger partial charge in [0.05, 0.1) is 6.42 Å². The summed E-state index contributed by atoms with van der Waals surface area (Å²) in [4.78, 5) is 62.3. The summed E-state index contributed by atoms with van der Waals surface area (Å²) in [6.45, 7) is 3.40. The number of hydrogen-bond acceptors (Lipinski definition) is 7. The van der Waals surface area contributed by atoms with Gasteiger partial charge in [0.25, 0.3) is 11.6 Å². The van der Waals surface area contributed by atoms with E-state index < -0.39 is 57.8 Å². The lowest BCUT2D eigenvalue weighted by molar-refractivity contribution is -0.201. The number of thioether (sulfide) groups is 1. The Kier molecular flexibility index (Phi) is 5.74. The molecule has 160 valence electrons. The first-order chi connectivity index (χ1) is 14.1. The smallest absolute Gasteiger partial charge is 0.327 e. The van der Waals surface area contributed by atoms with Gasteiger partial charge in [0.15, 0.2) is 5.78 Å². The van der Waals surface area contributed by atoms with Gasteiger partial charge in [-0.2, -0.15) is 0 Å². The summed E-state index contributed by atoms with van der Waals surface area (Å²) in [5.74, 6) is -4.56. The Hall–Kier alpha value is -2.72. The van der Waals surface area contributed by atoms with Crippen LogP contribution in [-0.4, -0.2) is 68.9 Å². The van der Waals surface area contributed by atoms with E-state index in [4.69, 9.17) is 4.74 Å². The number of ether oxygens (including phenoxy) is 1. The first kappa shape index (κ1) is 22.0. The summed E-state index contributed by atoms with van der Waals surface area (Å²) in [7, 11) is 1.24. The molecule has 9 nitrogen and oxygen atoms in total. The first-order valence-corrected chi connectivity index (χ1v) is 10.1. The van der Waals surface area contributed by atoms with E-state index in [1.165, 1.54) is 23.8 Å². The number of nitrogens with zero attached hydrogens (tertiary/aromatic N) is 1. The first-order valence-electron chi connectivity index (χ1n) is 9.22. The minimum absolute atomic E-state index is 0.375. The van der Waals surface area contributed by atoms with Crippen LogP contribution in [0.2, 0.25) is 0 Å². The number of benzene rings is 1. The number of methoxy groups -OCH3 is 1. The monoisotopic (exact) mass is 434 g/mol. The summed E-state index contributed by atoms with van der Waals surface area (Å²) in [5, 5.41) is 11.3. The van der Waals surface area contributed by atoms with Gasteiger partial charge in [-0.3, -0.25) is 14.4 Å². The molecule has 0 aliphatic carbocycles. The third-order valence-corrected chi connectivity index (χ3v) is 6.98. The van der Waals surface area contributed by atoms with Crippen LogP contribution in [0, 0.1) is 0 Å². The summed E-state index contributed by atoms with van der Waals surface area (Å²) >= 11 is 1.20. The number of carboxylic acids is 1. The van der Waals surface area contributed by atoms with E-state index in [0.29, 0.717) is 11.8 Å². The van der Waals surface area contributed by atoms with Gasteiger partial charge < -0.3 is 24.9 Å². The highest BCUT2D eigenvalue weighted by Crippen LogP contribution is 2.55. The summed E-state index contributed by atoms with van der Waals surface area (Å²) in [6.07, 6.45) is -0.0417. The van der Waals surface area contributed by atoms with Crippen molar-refractivity contribution in [3.63, 3.8) is 0 Å². The lowest BCUT2D eigenvalue weighted by atomic mass is 9.89. The standard InChI is InChI=1S/C20H22N2O7S/c1-19(2)14(16(26)27)22-17(28)20(29-3,18(22)30-19)21-15(25)13(12(24)9-10-23)11-7-5-4-6-8-11/h4-8,10,13-14,18H,9H2,1-3H3,(H,21,25)(H,26,27)/t13?,14-,18+,20-/m0/s1. The number of carbonyl (C=O) groups is 5. The Morgan fingerprint density at radius 3 is 2.47 bits per heavy atom. The van der Waals surface area contributed by atoms with Gasteiger partial charge >= 0.3 is 5.97 Å². The van der Waals surface area contributed by atoms with Gasteiger partial charge in [0.1, 0.15) is 23.6 Å². The molecule has 4 atom stereocenters. The summed E-state index contributed by atoms with van der Waals surface area (Å²) in [5.41, 5.74) is -1.42. The zero-order valence-electron chi connectivity index (χ0n) is 16.7. The number of rotatable bonds is 8. The molecule has 2 N–H and O–H groups in total. The summed E-state index contributed by atoms with van der Waals surface area (Å²) < 4.78 is 4.58. The maximum Gasteiger partial charge on any atom is 0.327 e. The van der Waals surface area contributed by atoms with Crippen molar-refractivity contribution in [1.82, 2.24) is 10.2 Å². The largest absolute Gasteiger partial charge is 0.480 e. The highest BCUT2D eigenvalue weighted by Gasteiger charge is 2.73. The molecule has 2 amide bonds. The number of aliphatic carboxylic acids is 1. The molecule has 2 heterocycles. The molecular weight excluding hydrogens is 412 g/mol. The van der Waals surface area contributed by atoms with Gasteiger partial charge in [-0.05, 0) is 19.4 Å². The number of amides is 2. The van der Waals surface area contributed by atoms with E-state index in [1.807, 2.05) is 0 Å². The number of Topliss-reactive ketones (excluding diaryl/α,β-unsaturated/α-hetero) is 1. The van der Waals surface area contributed by atoms with E-state index in [9.17, 15) is 29.1 Å². The molecule has 10 heteroatoms. The average Bonchev–Trinajstić information content (AvgIpc) is 2.96. The lowest BCUT2D eigenvalue weighted by Gasteiger charge is -2.51. The second kappa shape index (κ2) is 7.84. The molecule has 2 aliphatic rings. The third kappa shape index (κ3) is 3.29. The fourth-order valence-electron chi connectivity index (χ4n) is 3.97. The maximum atomic E-state index is 13.1. The number of fused-ring (bicyclic) bond motifs is 1. The van der Waals surface area contributed by atoms with Gasteiger partial charge in [0, 0.05) is 11.9 Å². The molecule has 3 rings (SSSR count). The zero-order chi connectivity index (χ0) is 22.3. The highest BCUT2D eigenvalue weighted by molar-refractivity contribution is 8.01. The fraction of sp³-hybridized carbons (Fsp3) is 0.450. The van der Waals surface area contributed by atoms with E-state index in [-0.39, 0.29) is 0 Å². The Morgan fingerprint density at radius 1 is 1.30 bits per heavy atom. The molecule has 2 fully saturated rings. The van der Waals surface area contributed by atoms with Crippen molar-refractivity contribution >= 4 is 41.6 Å². The minimum Gasteiger partial charge on any atom is -0.480 e. The van der Waals surface area contributed by atoms with Gasteiger partial charge in [0.2, 0.25) is 5.91 Å². The topological polar surface area (TPSA) is 130 Å². The minimum atomic E-state index is -1.79. The molecule has 1 aromatic rings. The highest BCUT2D eigenvalue weighted by atomic mass is 32.2. The SMILES string of the molecule is CO[C@@]1(NC(=O)C(C(=O)CC=O)c2ccccc2)C(=O)N2[C@@H](C(=O)O)C(C)(C)S[C@@H]21. The van der Waals surface area contributed by atoms with Crippen LogP contribution in [0.15, 0.2) is 30.3 Å². The number of aldehydes is 1. The molecule has 0 spiro atoms. The van der Waals surface area contributed by atoms with Crippen molar-refractivity contribution in [3.8, 4) is 0 Å². The predicted octanol–water partition coefficient (Wildman–Crippen LogP) is 0.534. The van der Waals surface area contributed by atoms with Crippen molar-refractivity contribution < 1.29 is 33.8 Å². The molecule has 2 aliphatic heterocycles. The van der Waals surface area contributed by atoms with Crippen LogP contribution < -0.4 is 5.32 Å². The van der Waals surface area contributed by atoms with E-state index in [2.05, 4.69) is 5.32 Å². The second-order valence-electron chi connectivity index (χ2n) is 7.64. The average molecular weight is 434 g/mol. The van der Waals surface area contributed by atoms with Crippen LogP contribution in [-0.2, 0) is 28.7 Å². The van der Waals surface area contributed by atoms with Gasteiger partial charge in [-0.15, -0.1) is 11.8 Å². The number of carbonyl (C=O) groups excluding carboxylic acids is 4. The van der Waals surface area contributed by atoms with E-state index >= 15 is 0 Å². The van der Waals surface area contributed by atoms with Crippen molar-refractivity contribution in [2.24, 2.45) is 0 Å². The molecule has 0 radical (unpaired) electrons. The number of nitrogens with one attached hydrogen (secondary N) is 1. The molecule has 0 bridgehead atoms. The maximum absolute atomic E-state index is 13.1. The van der Waals surface area contributed by atoms with Crippen LogP contribution in [0.4, 0.5) is 0 Å². The molecule has 1 unspecified atom stereocenters. The normalized spacial score (nSPS) is 27.6. The van der Waals surface area contributed by atoms with E-state index in [1.54, 1.807) is 44.2 Å². The quantitative estimate of drug-likeness (QED) is 0.262. The Labute approximate surface area is 177 Å². The van der Waals surface area contributed by atoms with Crippen molar-refractivity contribution in [1.29, 1.82) is 0 Å². The number of β-lactam (4-membered cyclic amide) rings is 1. The molecule has 1 aromatic carbocycles.